The number of Topliss-reactive ketones (excluding diaryl/α,β-unsaturated/α-hetero) is 1. The second-order valence-corrected chi connectivity index (χ2v) is 11.7. The Morgan fingerprint density at radius 2 is 1.49 bits per heavy atom. The van der Waals surface area contributed by atoms with Crippen molar-refractivity contribution in [2.75, 3.05) is 26.3 Å². The number of amides is 3. The molecule has 1 aromatic rings. The van der Waals surface area contributed by atoms with E-state index in [0.717, 1.165) is 12.8 Å². The molecule has 1 aromatic carbocycles. The summed E-state index contributed by atoms with van der Waals surface area (Å²) in [5.74, 6) is -2.80. The summed E-state index contributed by atoms with van der Waals surface area (Å²) in [6.07, 6.45) is 0.281. The van der Waals surface area contributed by atoms with Crippen LogP contribution in [0.4, 0.5) is 0 Å². The first-order valence-corrected chi connectivity index (χ1v) is 14.5. The summed E-state index contributed by atoms with van der Waals surface area (Å²) in [6.45, 7) is 11.5. The number of aliphatic hydroxyl groups is 1. The van der Waals surface area contributed by atoms with Crippen LogP contribution in [0.3, 0.4) is 0 Å². The van der Waals surface area contributed by atoms with E-state index < -0.39 is 36.1 Å². The summed E-state index contributed by atoms with van der Waals surface area (Å²) < 4.78 is 5.49. The minimum Gasteiger partial charge on any atom is -0.391 e. The lowest BCUT2D eigenvalue weighted by molar-refractivity contribution is -0.137. The minimum atomic E-state index is -1.29. The molecular weight excluding hydrogens is 526 g/mol. The fourth-order valence-corrected chi connectivity index (χ4v) is 5.21. The lowest BCUT2D eigenvalue weighted by Gasteiger charge is -2.37. The lowest BCUT2D eigenvalue weighted by atomic mass is 9.80. The number of benzene rings is 1. The predicted molar refractivity (Wildman–Crippen MR) is 156 cm³/mol. The molecule has 0 aromatic heterocycles. The summed E-state index contributed by atoms with van der Waals surface area (Å²) in [7, 11) is 0. The number of rotatable bonds is 15. The number of hydrazine groups is 1. The average Bonchev–Trinajstić information content (AvgIpc) is 2.90. The van der Waals surface area contributed by atoms with E-state index in [4.69, 9.17) is 10.5 Å². The van der Waals surface area contributed by atoms with Crippen molar-refractivity contribution >= 4 is 23.5 Å². The number of carbonyl (C=O) groups excluding carboxylic acids is 4. The molecule has 11 nitrogen and oxygen atoms in total. The van der Waals surface area contributed by atoms with Crippen LogP contribution in [-0.4, -0.2) is 78.1 Å². The Morgan fingerprint density at radius 1 is 0.951 bits per heavy atom. The van der Waals surface area contributed by atoms with E-state index >= 15 is 0 Å². The first-order valence-electron chi connectivity index (χ1n) is 14.5. The molecule has 11 heteroatoms. The number of hydrogen-bond acceptors (Lipinski definition) is 8. The molecule has 0 saturated carbocycles. The summed E-state index contributed by atoms with van der Waals surface area (Å²) in [5, 5.41) is 18.7. The van der Waals surface area contributed by atoms with E-state index in [-0.39, 0.29) is 41.9 Å². The molecule has 3 amide bonds. The van der Waals surface area contributed by atoms with Crippen LogP contribution >= 0.6 is 0 Å². The quantitative estimate of drug-likeness (QED) is 0.196. The molecule has 41 heavy (non-hydrogen) atoms. The van der Waals surface area contributed by atoms with Gasteiger partial charge in [0.25, 0.3) is 5.91 Å². The Hall–Kier alpha value is -2.86. The third-order valence-electron chi connectivity index (χ3n) is 7.45. The number of carbonyl (C=O) groups is 4. The van der Waals surface area contributed by atoms with Gasteiger partial charge < -0.3 is 26.2 Å². The molecule has 1 fully saturated rings. The maximum absolute atomic E-state index is 14.0. The largest absolute Gasteiger partial charge is 0.391 e. The van der Waals surface area contributed by atoms with Gasteiger partial charge in [0.1, 0.15) is 6.04 Å². The number of ether oxygens (including phenoxy) is 1. The molecular formula is C30H49N5O6. The van der Waals surface area contributed by atoms with Gasteiger partial charge in [-0.25, -0.2) is 5.01 Å². The Morgan fingerprint density at radius 3 is 2.00 bits per heavy atom. The SMILES string of the molecule is CC(=O)N[C@H](C(=O)NN(CC1CCOCC1)C[C@H](O)C(C(=O)[C@@H](NC(C)=O)C(C)C)C(N)c1ccccc1)C(C)C. The topological polar surface area (TPSA) is 163 Å². The van der Waals surface area contributed by atoms with Crippen molar-refractivity contribution in [2.24, 2.45) is 29.4 Å². The monoisotopic (exact) mass is 575 g/mol. The molecule has 6 N–H and O–H groups in total. The summed E-state index contributed by atoms with van der Waals surface area (Å²) in [4.78, 5) is 51.0. The minimum absolute atomic E-state index is 0.0875. The third-order valence-corrected chi connectivity index (χ3v) is 7.45. The van der Waals surface area contributed by atoms with Gasteiger partial charge in [-0.05, 0) is 36.2 Å². The Kier molecular flexibility index (Phi) is 13.9. The average molecular weight is 576 g/mol. The first kappa shape index (κ1) is 34.3. The molecule has 1 saturated heterocycles. The van der Waals surface area contributed by atoms with Gasteiger partial charge in [-0.2, -0.15) is 0 Å². The molecule has 0 spiro atoms. The number of nitrogens with zero attached hydrogens (tertiary/aromatic N) is 1. The molecule has 5 atom stereocenters. The van der Waals surface area contributed by atoms with Crippen molar-refractivity contribution in [2.45, 2.75) is 78.6 Å². The predicted octanol–water partition coefficient (Wildman–Crippen LogP) is 1.31. The summed E-state index contributed by atoms with van der Waals surface area (Å²) in [6, 6.07) is 6.54. The highest BCUT2D eigenvalue weighted by Crippen LogP contribution is 2.27. The van der Waals surface area contributed by atoms with Crippen molar-refractivity contribution in [3.63, 3.8) is 0 Å². The second kappa shape index (κ2) is 16.5. The lowest BCUT2D eigenvalue weighted by Crippen LogP contribution is -2.58. The molecule has 1 aliphatic heterocycles. The Labute approximate surface area is 243 Å². The fraction of sp³-hybridized carbons (Fsp3) is 0.667. The molecule has 0 bridgehead atoms. The zero-order chi connectivity index (χ0) is 30.7. The van der Waals surface area contributed by atoms with Crippen LogP contribution in [-0.2, 0) is 23.9 Å². The van der Waals surface area contributed by atoms with Crippen LogP contribution < -0.4 is 21.8 Å². The number of hydrogen-bond donors (Lipinski definition) is 5. The van der Waals surface area contributed by atoms with Crippen LogP contribution in [0.5, 0.6) is 0 Å². The van der Waals surface area contributed by atoms with Crippen LogP contribution in [0, 0.1) is 23.7 Å². The third kappa shape index (κ3) is 10.8. The zero-order valence-electron chi connectivity index (χ0n) is 25.3. The fourth-order valence-electron chi connectivity index (χ4n) is 5.21. The van der Waals surface area contributed by atoms with E-state index in [2.05, 4.69) is 16.1 Å². The highest BCUT2D eigenvalue weighted by atomic mass is 16.5. The van der Waals surface area contributed by atoms with Crippen molar-refractivity contribution in [1.29, 1.82) is 0 Å². The second-order valence-electron chi connectivity index (χ2n) is 11.7. The van der Waals surface area contributed by atoms with Crippen LogP contribution in [0.25, 0.3) is 0 Å². The van der Waals surface area contributed by atoms with Crippen LogP contribution in [0.1, 0.15) is 66.0 Å². The normalized spacial score (nSPS) is 17.9. The van der Waals surface area contributed by atoms with Gasteiger partial charge in [-0.1, -0.05) is 58.0 Å². The van der Waals surface area contributed by atoms with E-state index in [0.29, 0.717) is 25.3 Å². The number of nitrogens with two attached hydrogens (primary N) is 1. The highest BCUT2D eigenvalue weighted by Gasteiger charge is 2.40. The Balaban J connectivity index is 2.41. The number of ketones is 1. The van der Waals surface area contributed by atoms with Crippen molar-refractivity contribution in [3.8, 4) is 0 Å². The molecule has 0 radical (unpaired) electrons. The molecule has 2 unspecified atom stereocenters. The van der Waals surface area contributed by atoms with Gasteiger partial charge in [0.05, 0.1) is 18.1 Å². The van der Waals surface area contributed by atoms with Gasteiger partial charge in [-0.3, -0.25) is 24.6 Å². The molecule has 1 heterocycles. The number of nitrogens with one attached hydrogen (secondary N) is 3. The van der Waals surface area contributed by atoms with Gasteiger partial charge in [0.2, 0.25) is 11.8 Å². The van der Waals surface area contributed by atoms with E-state index in [9.17, 15) is 24.3 Å². The first-order chi connectivity index (χ1) is 19.3. The smallest absolute Gasteiger partial charge is 0.257 e. The summed E-state index contributed by atoms with van der Waals surface area (Å²) in [5.41, 5.74) is 10.2. The Bertz CT molecular complexity index is 998. The number of aliphatic hydroxyl groups excluding tert-OH is 1. The van der Waals surface area contributed by atoms with Crippen molar-refractivity contribution in [3.05, 3.63) is 35.9 Å². The molecule has 1 aliphatic rings. The van der Waals surface area contributed by atoms with Gasteiger partial charge in [0.15, 0.2) is 5.78 Å². The van der Waals surface area contributed by atoms with E-state index in [1.54, 1.807) is 17.1 Å². The maximum atomic E-state index is 14.0. The van der Waals surface area contributed by atoms with Crippen molar-refractivity contribution < 1.29 is 29.0 Å². The van der Waals surface area contributed by atoms with Crippen LogP contribution in [0.2, 0.25) is 0 Å². The van der Waals surface area contributed by atoms with Crippen molar-refractivity contribution in [1.82, 2.24) is 21.1 Å². The van der Waals surface area contributed by atoms with Gasteiger partial charge in [-0.15, -0.1) is 0 Å². The van der Waals surface area contributed by atoms with Gasteiger partial charge >= 0.3 is 0 Å². The van der Waals surface area contributed by atoms with E-state index in [1.165, 1.54) is 13.8 Å². The standard InChI is InChI=1S/C30H49N5O6/c1-18(2)27(32-20(5)36)29(39)25(26(31)23-10-8-7-9-11-23)24(38)17-35(16-22-12-14-41-15-13-22)34-30(40)28(19(3)4)33-21(6)37/h7-11,18-19,22,24-28,38H,12-17,31H2,1-6H3,(H,32,36)(H,33,37)(H,34,40)/t24-,25?,26?,27-,28-/m0/s1. The highest BCUT2D eigenvalue weighted by molar-refractivity contribution is 5.91. The molecule has 0 aliphatic carbocycles. The zero-order valence-corrected chi connectivity index (χ0v) is 25.3. The summed E-state index contributed by atoms with van der Waals surface area (Å²) >= 11 is 0. The molecule has 230 valence electrons. The maximum Gasteiger partial charge on any atom is 0.257 e. The van der Waals surface area contributed by atoms with E-state index in [1.807, 2.05) is 45.9 Å². The molecule has 2 rings (SSSR count). The van der Waals surface area contributed by atoms with Gasteiger partial charge in [0, 0.05) is 46.2 Å². The van der Waals surface area contributed by atoms with Crippen LogP contribution in [0.15, 0.2) is 30.3 Å².